The van der Waals surface area contributed by atoms with Crippen molar-refractivity contribution in [2.24, 2.45) is 11.8 Å². The van der Waals surface area contributed by atoms with E-state index >= 15 is 0 Å². The quantitative estimate of drug-likeness (QED) is 0.664. The second kappa shape index (κ2) is 8.62. The fourth-order valence-corrected chi connectivity index (χ4v) is 1.49. The smallest absolute Gasteiger partial charge is 0.338 e. The van der Waals surface area contributed by atoms with Crippen LogP contribution in [0.1, 0.15) is 50.9 Å². The molecular weight excluding hydrogens is 252 g/mol. The van der Waals surface area contributed by atoms with Gasteiger partial charge in [-0.1, -0.05) is 46.6 Å². The van der Waals surface area contributed by atoms with E-state index in [0.717, 1.165) is 18.6 Å². The molecule has 0 heterocycles. The monoisotopic (exact) mass is 278 g/mol. The third-order valence-electron chi connectivity index (χ3n) is 3.50. The molecule has 0 N–H and O–H groups in total. The van der Waals surface area contributed by atoms with Gasteiger partial charge in [0, 0.05) is 0 Å². The molecule has 20 heavy (non-hydrogen) atoms. The molecule has 112 valence electrons. The molecule has 0 amide bonds. The summed E-state index contributed by atoms with van der Waals surface area (Å²) in [7, 11) is 0. The summed E-state index contributed by atoms with van der Waals surface area (Å²) in [5.41, 5.74) is 0.551. The van der Waals surface area contributed by atoms with Crippen molar-refractivity contribution >= 4 is 5.97 Å². The molecule has 1 rings (SSSR count). The Hall–Kier alpha value is -1.51. The second-order valence-electron chi connectivity index (χ2n) is 5.46. The van der Waals surface area contributed by atoms with Gasteiger partial charge < -0.3 is 9.47 Å². The number of ether oxygens (including phenoxy) is 2. The Labute approximate surface area is 122 Å². The largest absolute Gasteiger partial charge is 0.493 e. The standard InChI is InChI=1S/C17H26O3/c1-5-13(3)11-19-16-9-7-8-15(10-16)17(18)20-12-14(4)6-2/h7-10,13-14H,5-6,11-12H2,1-4H3. The molecule has 0 aliphatic heterocycles. The van der Waals surface area contributed by atoms with Crippen molar-refractivity contribution in [1.29, 1.82) is 0 Å². The summed E-state index contributed by atoms with van der Waals surface area (Å²) in [6, 6.07) is 7.20. The van der Waals surface area contributed by atoms with Crippen molar-refractivity contribution in [2.75, 3.05) is 13.2 Å². The Bertz CT molecular complexity index is 414. The Balaban J connectivity index is 2.56. The molecule has 2 unspecified atom stereocenters. The van der Waals surface area contributed by atoms with Crippen LogP contribution in [0.25, 0.3) is 0 Å². The Kier molecular flexibility index (Phi) is 7.13. The minimum Gasteiger partial charge on any atom is -0.493 e. The van der Waals surface area contributed by atoms with E-state index < -0.39 is 0 Å². The Morgan fingerprint density at radius 1 is 1.10 bits per heavy atom. The zero-order valence-electron chi connectivity index (χ0n) is 13.0. The minimum absolute atomic E-state index is 0.278. The number of carbonyl (C=O) groups is 1. The van der Waals surface area contributed by atoms with Crippen LogP contribution in [0.5, 0.6) is 5.75 Å². The average Bonchev–Trinajstić information content (AvgIpc) is 2.49. The molecule has 0 fully saturated rings. The lowest BCUT2D eigenvalue weighted by Gasteiger charge is -2.12. The molecule has 2 atom stereocenters. The van der Waals surface area contributed by atoms with Crippen molar-refractivity contribution in [3.8, 4) is 5.75 Å². The van der Waals surface area contributed by atoms with Gasteiger partial charge in [-0.25, -0.2) is 4.79 Å². The summed E-state index contributed by atoms with van der Waals surface area (Å²) >= 11 is 0. The highest BCUT2D eigenvalue weighted by molar-refractivity contribution is 5.89. The van der Waals surface area contributed by atoms with Crippen LogP contribution in [0.2, 0.25) is 0 Å². The second-order valence-corrected chi connectivity index (χ2v) is 5.46. The normalized spacial score (nSPS) is 13.6. The van der Waals surface area contributed by atoms with E-state index in [-0.39, 0.29) is 5.97 Å². The maximum Gasteiger partial charge on any atom is 0.338 e. The number of rotatable bonds is 8. The van der Waals surface area contributed by atoms with Gasteiger partial charge in [0.1, 0.15) is 5.75 Å². The molecule has 1 aromatic carbocycles. The fraction of sp³-hybridized carbons (Fsp3) is 0.588. The molecule has 3 heteroatoms. The summed E-state index contributed by atoms with van der Waals surface area (Å²) < 4.78 is 11.0. The van der Waals surface area contributed by atoms with E-state index in [1.807, 2.05) is 12.1 Å². The van der Waals surface area contributed by atoms with Crippen LogP contribution in [-0.2, 0) is 4.74 Å². The third-order valence-corrected chi connectivity index (χ3v) is 3.50. The lowest BCUT2D eigenvalue weighted by Crippen LogP contribution is -2.12. The topological polar surface area (TPSA) is 35.5 Å². The number of hydrogen-bond acceptors (Lipinski definition) is 3. The third kappa shape index (κ3) is 5.64. The van der Waals surface area contributed by atoms with Crippen LogP contribution in [0.15, 0.2) is 24.3 Å². The summed E-state index contributed by atoms with van der Waals surface area (Å²) in [6.45, 7) is 9.57. The Morgan fingerprint density at radius 3 is 2.40 bits per heavy atom. The van der Waals surface area contributed by atoms with E-state index in [2.05, 4.69) is 27.7 Å². The van der Waals surface area contributed by atoms with Crippen LogP contribution in [0, 0.1) is 11.8 Å². The lowest BCUT2D eigenvalue weighted by atomic mass is 10.1. The number of esters is 1. The summed E-state index contributed by atoms with van der Waals surface area (Å²) in [6.07, 6.45) is 2.09. The van der Waals surface area contributed by atoms with Crippen LogP contribution in [0.3, 0.4) is 0 Å². The highest BCUT2D eigenvalue weighted by Gasteiger charge is 2.10. The van der Waals surface area contributed by atoms with Gasteiger partial charge in [0.25, 0.3) is 0 Å². The molecule has 0 saturated carbocycles. The summed E-state index contributed by atoms with van der Waals surface area (Å²) in [4.78, 5) is 11.9. The maximum absolute atomic E-state index is 11.9. The van der Waals surface area contributed by atoms with Gasteiger partial charge in [-0.3, -0.25) is 0 Å². The fourth-order valence-electron chi connectivity index (χ4n) is 1.49. The van der Waals surface area contributed by atoms with Gasteiger partial charge in [0.2, 0.25) is 0 Å². The zero-order chi connectivity index (χ0) is 15.0. The maximum atomic E-state index is 11.9. The van der Waals surface area contributed by atoms with E-state index in [9.17, 15) is 4.79 Å². The molecule has 0 aliphatic carbocycles. The van der Waals surface area contributed by atoms with Crippen LogP contribution >= 0.6 is 0 Å². The molecule has 3 nitrogen and oxygen atoms in total. The van der Waals surface area contributed by atoms with Crippen LogP contribution in [-0.4, -0.2) is 19.2 Å². The van der Waals surface area contributed by atoms with Crippen molar-refractivity contribution in [1.82, 2.24) is 0 Å². The first-order valence-corrected chi connectivity index (χ1v) is 7.46. The predicted octanol–water partition coefficient (Wildman–Crippen LogP) is 4.31. The molecule has 1 aromatic rings. The van der Waals surface area contributed by atoms with Crippen molar-refractivity contribution in [2.45, 2.75) is 40.5 Å². The number of hydrogen-bond donors (Lipinski definition) is 0. The highest BCUT2D eigenvalue weighted by atomic mass is 16.5. The molecule has 0 bridgehead atoms. The van der Waals surface area contributed by atoms with Gasteiger partial charge in [-0.15, -0.1) is 0 Å². The Morgan fingerprint density at radius 2 is 1.75 bits per heavy atom. The molecule has 0 aliphatic rings. The van der Waals surface area contributed by atoms with E-state index in [4.69, 9.17) is 9.47 Å². The van der Waals surface area contributed by atoms with E-state index in [0.29, 0.717) is 30.6 Å². The average molecular weight is 278 g/mol. The van der Waals surface area contributed by atoms with Gasteiger partial charge >= 0.3 is 5.97 Å². The summed E-state index contributed by atoms with van der Waals surface area (Å²) in [5, 5.41) is 0. The number of carbonyl (C=O) groups excluding carboxylic acids is 1. The van der Waals surface area contributed by atoms with Gasteiger partial charge in [0.05, 0.1) is 18.8 Å². The molecule has 0 spiro atoms. The van der Waals surface area contributed by atoms with Gasteiger partial charge in [-0.05, 0) is 30.0 Å². The van der Waals surface area contributed by atoms with Gasteiger partial charge in [-0.2, -0.15) is 0 Å². The van der Waals surface area contributed by atoms with Crippen molar-refractivity contribution in [3.05, 3.63) is 29.8 Å². The van der Waals surface area contributed by atoms with E-state index in [1.54, 1.807) is 12.1 Å². The molecule has 0 radical (unpaired) electrons. The SMILES string of the molecule is CCC(C)COC(=O)c1cccc(OCC(C)CC)c1. The highest BCUT2D eigenvalue weighted by Crippen LogP contribution is 2.16. The first-order valence-electron chi connectivity index (χ1n) is 7.46. The predicted molar refractivity (Wildman–Crippen MR) is 81.1 cm³/mol. The molecule has 0 saturated heterocycles. The number of benzene rings is 1. The van der Waals surface area contributed by atoms with Crippen molar-refractivity contribution in [3.63, 3.8) is 0 Å². The first kappa shape index (κ1) is 16.5. The molecule has 0 aromatic heterocycles. The van der Waals surface area contributed by atoms with E-state index in [1.165, 1.54) is 0 Å². The lowest BCUT2D eigenvalue weighted by molar-refractivity contribution is 0.0446. The van der Waals surface area contributed by atoms with Crippen LogP contribution < -0.4 is 4.74 Å². The van der Waals surface area contributed by atoms with Crippen LogP contribution in [0.4, 0.5) is 0 Å². The first-order chi connectivity index (χ1) is 9.56. The molecular formula is C17H26O3. The minimum atomic E-state index is -0.278. The van der Waals surface area contributed by atoms with Crippen molar-refractivity contribution < 1.29 is 14.3 Å². The zero-order valence-corrected chi connectivity index (χ0v) is 13.0. The van der Waals surface area contributed by atoms with Gasteiger partial charge in [0.15, 0.2) is 0 Å². The summed E-state index contributed by atoms with van der Waals surface area (Å²) in [5.74, 6) is 1.35.